The zero-order chi connectivity index (χ0) is 18.3. The molecule has 1 atom stereocenters. The molecule has 132 valence electrons. The molecule has 0 amide bonds. The quantitative estimate of drug-likeness (QED) is 0.613. The third-order valence-corrected chi connectivity index (χ3v) is 4.07. The molecule has 0 radical (unpaired) electrons. The average Bonchev–Trinajstić information content (AvgIpc) is 2.57. The number of benzene rings is 1. The van der Waals surface area contributed by atoms with Crippen LogP contribution in [-0.2, 0) is 0 Å². The van der Waals surface area contributed by atoms with Crippen molar-refractivity contribution < 1.29 is 19.0 Å². The highest BCUT2D eigenvalue weighted by Gasteiger charge is 2.30. The molecule has 0 saturated carbocycles. The number of aromatic nitrogens is 1. The molecule has 3 N–H and O–H groups in total. The van der Waals surface area contributed by atoms with E-state index < -0.39 is 22.8 Å². The van der Waals surface area contributed by atoms with Crippen molar-refractivity contribution >= 4 is 22.6 Å². The number of anilines is 1. The first-order valence-electron chi connectivity index (χ1n) is 7.49. The highest BCUT2D eigenvalue weighted by atomic mass is 19.1. The lowest BCUT2D eigenvalue weighted by molar-refractivity contribution is 0.0694. The van der Waals surface area contributed by atoms with Crippen molar-refractivity contribution in [1.82, 2.24) is 4.57 Å². The van der Waals surface area contributed by atoms with Crippen LogP contribution in [0.5, 0.6) is 5.75 Å². The Kier molecular flexibility index (Phi) is 4.13. The second-order valence-electron chi connectivity index (χ2n) is 5.67. The van der Waals surface area contributed by atoms with Crippen LogP contribution in [0.1, 0.15) is 23.3 Å². The molecule has 3 rings (SSSR count). The van der Waals surface area contributed by atoms with Crippen LogP contribution in [0.15, 0.2) is 22.3 Å². The van der Waals surface area contributed by atoms with Gasteiger partial charge in [0.05, 0.1) is 28.8 Å². The van der Waals surface area contributed by atoms with Crippen molar-refractivity contribution in [3.05, 3.63) is 38.8 Å². The second kappa shape index (κ2) is 6.13. The van der Waals surface area contributed by atoms with Gasteiger partial charge in [0.25, 0.3) is 0 Å². The number of rotatable bonds is 5. The van der Waals surface area contributed by atoms with E-state index in [1.165, 1.54) is 10.8 Å². The fourth-order valence-corrected chi connectivity index (χ4v) is 2.92. The molecule has 10 heteroatoms. The lowest BCUT2D eigenvalue weighted by Gasteiger charge is -2.29. The zero-order valence-corrected chi connectivity index (χ0v) is 13.2. The smallest absolute Gasteiger partial charge is 0.341 e. The van der Waals surface area contributed by atoms with E-state index in [2.05, 4.69) is 5.29 Å². The summed E-state index contributed by atoms with van der Waals surface area (Å²) in [6, 6.07) is 0.606. The van der Waals surface area contributed by atoms with Gasteiger partial charge in [-0.25, -0.2) is 14.2 Å². The van der Waals surface area contributed by atoms with E-state index in [-0.39, 0.29) is 48.1 Å². The molecule has 2 heterocycles. The molecule has 2 aromatic rings. The summed E-state index contributed by atoms with van der Waals surface area (Å²) in [7, 11) is 0. The highest BCUT2D eigenvalue weighted by molar-refractivity contribution is 5.97. The van der Waals surface area contributed by atoms with Gasteiger partial charge in [0.1, 0.15) is 17.9 Å². The van der Waals surface area contributed by atoms with Crippen molar-refractivity contribution in [3.63, 3.8) is 0 Å². The minimum Gasteiger partial charge on any atom is -0.487 e. The Morgan fingerprint density at radius 2 is 2.32 bits per heavy atom. The zero-order valence-electron chi connectivity index (χ0n) is 13.2. The molecule has 0 fully saturated rings. The topological polar surface area (TPSA) is 127 Å². The number of aromatic carboxylic acids is 1. The highest BCUT2D eigenvalue weighted by Crippen LogP contribution is 2.41. The fraction of sp³-hybridized carbons (Fsp3) is 0.333. The molecule has 1 aliphatic rings. The van der Waals surface area contributed by atoms with Gasteiger partial charge in [-0.15, -0.1) is 4.91 Å². The van der Waals surface area contributed by atoms with Crippen LogP contribution in [0.3, 0.4) is 0 Å². The normalized spacial score (nSPS) is 15.7. The summed E-state index contributed by atoms with van der Waals surface area (Å²) in [4.78, 5) is 34.8. The minimum absolute atomic E-state index is 0.0322. The third kappa shape index (κ3) is 2.50. The first kappa shape index (κ1) is 16.8. The third-order valence-electron chi connectivity index (χ3n) is 4.07. The lowest BCUT2D eigenvalue weighted by Crippen LogP contribution is -2.30. The molecule has 0 spiro atoms. The number of hydrogen-bond acceptors (Lipinski definition) is 6. The monoisotopic (exact) mass is 350 g/mol. The van der Waals surface area contributed by atoms with Crippen molar-refractivity contribution in [2.45, 2.75) is 13.0 Å². The maximum Gasteiger partial charge on any atom is 0.341 e. The number of nitroso groups, excluding NO2 is 1. The lowest BCUT2D eigenvalue weighted by atomic mass is 10.1. The van der Waals surface area contributed by atoms with Crippen LogP contribution in [0, 0.1) is 10.7 Å². The summed E-state index contributed by atoms with van der Waals surface area (Å²) < 4.78 is 21.7. The molecular weight excluding hydrogens is 335 g/mol. The number of carbonyl (C=O) groups is 1. The number of halogens is 1. The summed E-state index contributed by atoms with van der Waals surface area (Å²) in [5.74, 6) is -2.36. The number of carboxylic acid groups (broad SMARTS) is 1. The Morgan fingerprint density at radius 1 is 1.60 bits per heavy atom. The largest absolute Gasteiger partial charge is 0.487 e. The maximum atomic E-state index is 14.6. The van der Waals surface area contributed by atoms with E-state index in [1.807, 2.05) is 0 Å². The first-order chi connectivity index (χ1) is 11.9. The predicted molar refractivity (Wildman–Crippen MR) is 87.5 cm³/mol. The number of nitrogens with zero attached hydrogens (tertiary/aromatic N) is 3. The Bertz CT molecular complexity index is 942. The van der Waals surface area contributed by atoms with Crippen LogP contribution in [0.25, 0.3) is 10.9 Å². The summed E-state index contributed by atoms with van der Waals surface area (Å²) >= 11 is 0. The van der Waals surface area contributed by atoms with Gasteiger partial charge in [-0.3, -0.25) is 4.79 Å². The molecule has 9 nitrogen and oxygen atoms in total. The predicted octanol–water partition coefficient (Wildman–Crippen LogP) is 1.24. The van der Waals surface area contributed by atoms with Crippen LogP contribution >= 0.6 is 0 Å². The van der Waals surface area contributed by atoms with E-state index in [4.69, 9.17) is 10.5 Å². The van der Waals surface area contributed by atoms with Crippen molar-refractivity contribution in [2.75, 3.05) is 24.7 Å². The van der Waals surface area contributed by atoms with Gasteiger partial charge in [-0.05, 0) is 13.0 Å². The SMILES string of the molecule is C[C@H]1COc2c(N(CCN)N=O)c(F)cc3c(=O)c(C(=O)O)cn1c23. The molecular formula is C15H15FN4O5. The van der Waals surface area contributed by atoms with Crippen molar-refractivity contribution in [3.8, 4) is 5.75 Å². The van der Waals surface area contributed by atoms with E-state index >= 15 is 0 Å². The number of hydrogen-bond donors (Lipinski definition) is 2. The van der Waals surface area contributed by atoms with Crippen LogP contribution in [-0.4, -0.2) is 35.3 Å². The Morgan fingerprint density at radius 3 is 2.92 bits per heavy atom. The second-order valence-corrected chi connectivity index (χ2v) is 5.67. The average molecular weight is 350 g/mol. The van der Waals surface area contributed by atoms with Crippen LogP contribution in [0.4, 0.5) is 10.1 Å². The maximum absolute atomic E-state index is 14.6. The molecule has 0 unspecified atom stereocenters. The van der Waals surface area contributed by atoms with Gasteiger partial charge >= 0.3 is 5.97 Å². The van der Waals surface area contributed by atoms with E-state index in [0.29, 0.717) is 0 Å². The van der Waals surface area contributed by atoms with Gasteiger partial charge in [-0.2, -0.15) is 0 Å². The van der Waals surface area contributed by atoms with Crippen LogP contribution < -0.4 is 20.9 Å². The van der Waals surface area contributed by atoms with Gasteiger partial charge < -0.3 is 20.1 Å². The molecule has 0 aliphatic carbocycles. The number of pyridine rings is 1. The first-order valence-corrected chi connectivity index (χ1v) is 7.49. The summed E-state index contributed by atoms with van der Waals surface area (Å²) in [5, 5.41) is 12.7. The minimum atomic E-state index is -1.40. The Balaban J connectivity index is 2.44. The molecule has 1 aromatic heterocycles. The standard InChI is InChI=1S/C15H15FN4O5/c1-7-6-25-14-11-8(13(21)9(15(22)23)5-19(7)11)4-10(16)12(14)20(18-24)3-2-17/h4-5,7H,2-3,6,17H2,1H3,(H,22,23)/t7-/m0/s1. The van der Waals surface area contributed by atoms with E-state index in [1.54, 1.807) is 6.92 Å². The Labute approximate surface area is 140 Å². The molecule has 0 saturated heterocycles. The summed E-state index contributed by atoms with van der Waals surface area (Å²) in [6.45, 7) is 1.87. The van der Waals surface area contributed by atoms with E-state index in [9.17, 15) is 24.0 Å². The molecule has 1 aromatic carbocycles. The summed E-state index contributed by atoms with van der Waals surface area (Å²) in [6.07, 6.45) is 1.20. The van der Waals surface area contributed by atoms with Gasteiger partial charge in [0.2, 0.25) is 5.43 Å². The van der Waals surface area contributed by atoms with Crippen LogP contribution in [0.2, 0.25) is 0 Å². The van der Waals surface area contributed by atoms with E-state index in [0.717, 1.165) is 11.1 Å². The molecule has 1 aliphatic heterocycles. The van der Waals surface area contributed by atoms with Crippen molar-refractivity contribution in [1.29, 1.82) is 0 Å². The molecule has 0 bridgehead atoms. The molecule has 25 heavy (non-hydrogen) atoms. The number of ether oxygens (including phenoxy) is 1. The van der Waals surface area contributed by atoms with Gasteiger partial charge in [0.15, 0.2) is 11.6 Å². The number of carboxylic acids is 1. The fourth-order valence-electron chi connectivity index (χ4n) is 2.92. The summed E-state index contributed by atoms with van der Waals surface area (Å²) in [5.41, 5.74) is 4.12. The van der Waals surface area contributed by atoms with Gasteiger partial charge in [0, 0.05) is 12.7 Å². The Hall–Kier alpha value is -3.01. The number of nitrogens with two attached hydrogens (primary N) is 1. The van der Waals surface area contributed by atoms with Crippen molar-refractivity contribution in [2.24, 2.45) is 11.0 Å². The van der Waals surface area contributed by atoms with Gasteiger partial charge in [-0.1, -0.05) is 0 Å².